The Morgan fingerprint density at radius 3 is 1.91 bits per heavy atom. The third-order valence-electron chi connectivity index (χ3n) is 3.35. The monoisotopic (exact) mass is 309 g/mol. The number of nitrogens with zero attached hydrogens (tertiary/aromatic N) is 3. The van der Waals surface area contributed by atoms with E-state index in [1.54, 1.807) is 0 Å². The third-order valence-corrected chi connectivity index (χ3v) is 3.35. The summed E-state index contributed by atoms with van der Waals surface area (Å²) < 4.78 is 0. The second kappa shape index (κ2) is 6.50. The van der Waals surface area contributed by atoms with Crippen LogP contribution < -0.4 is 0 Å². The van der Waals surface area contributed by atoms with Crippen LogP contribution in [0.2, 0.25) is 0 Å². The number of amides is 1. The Balaban J connectivity index is 3.54. The number of rotatable bonds is 5. The van der Waals surface area contributed by atoms with Crippen LogP contribution in [0, 0.1) is 27.2 Å². The van der Waals surface area contributed by atoms with Gasteiger partial charge in [-0.3, -0.25) is 25.0 Å². The van der Waals surface area contributed by atoms with Gasteiger partial charge in [0.15, 0.2) is 0 Å². The van der Waals surface area contributed by atoms with E-state index in [1.807, 2.05) is 27.7 Å². The van der Waals surface area contributed by atoms with E-state index in [2.05, 4.69) is 0 Å². The van der Waals surface area contributed by atoms with Crippen molar-refractivity contribution in [3.63, 3.8) is 0 Å². The highest BCUT2D eigenvalue weighted by molar-refractivity contribution is 5.97. The van der Waals surface area contributed by atoms with Gasteiger partial charge in [0.2, 0.25) is 0 Å². The fourth-order valence-corrected chi connectivity index (χ4v) is 2.41. The summed E-state index contributed by atoms with van der Waals surface area (Å²) in [5.41, 5.74) is -0.770. The number of carbonyl (C=O) groups excluding carboxylic acids is 1. The highest BCUT2D eigenvalue weighted by Gasteiger charge is 2.29. The molecule has 120 valence electrons. The average molecular weight is 309 g/mol. The maximum absolute atomic E-state index is 12.7. The molecule has 0 saturated heterocycles. The van der Waals surface area contributed by atoms with Crippen molar-refractivity contribution < 1.29 is 14.6 Å². The third kappa shape index (κ3) is 3.38. The Bertz CT molecular complexity index is 617. The Kier molecular flexibility index (Phi) is 5.19. The lowest BCUT2D eigenvalue weighted by Crippen LogP contribution is -2.42. The van der Waals surface area contributed by atoms with Gasteiger partial charge >= 0.3 is 0 Å². The Morgan fingerprint density at radius 1 is 1.05 bits per heavy atom. The molecule has 8 heteroatoms. The van der Waals surface area contributed by atoms with E-state index >= 15 is 0 Å². The predicted molar refractivity (Wildman–Crippen MR) is 80.9 cm³/mol. The molecule has 8 nitrogen and oxygen atoms in total. The summed E-state index contributed by atoms with van der Waals surface area (Å²) in [6.45, 7) is 8.70. The van der Waals surface area contributed by atoms with Crippen LogP contribution in [0.1, 0.15) is 43.6 Å². The molecule has 0 bridgehead atoms. The number of carbonyl (C=O) groups is 1. The highest BCUT2D eigenvalue weighted by Crippen LogP contribution is 2.29. The second-order valence-corrected chi connectivity index (χ2v) is 5.55. The van der Waals surface area contributed by atoms with Gasteiger partial charge in [-0.05, 0) is 34.6 Å². The van der Waals surface area contributed by atoms with Crippen LogP contribution in [0.15, 0.2) is 12.1 Å². The number of benzene rings is 1. The molecule has 1 aromatic carbocycles. The van der Waals surface area contributed by atoms with Crippen molar-refractivity contribution >= 4 is 17.3 Å². The van der Waals surface area contributed by atoms with Gasteiger partial charge in [-0.1, -0.05) is 0 Å². The van der Waals surface area contributed by atoms with E-state index in [-0.39, 0.29) is 23.2 Å². The summed E-state index contributed by atoms with van der Waals surface area (Å²) >= 11 is 0. The van der Waals surface area contributed by atoms with E-state index < -0.39 is 27.1 Å². The van der Waals surface area contributed by atoms with E-state index in [0.29, 0.717) is 0 Å². The molecular weight excluding hydrogens is 290 g/mol. The zero-order valence-electron chi connectivity index (χ0n) is 13.2. The number of non-ortho nitro benzene ring substituents is 1. The predicted octanol–water partition coefficient (Wildman–Crippen LogP) is 3.07. The molecule has 0 N–H and O–H groups in total. The molecule has 22 heavy (non-hydrogen) atoms. The first kappa shape index (κ1) is 17.5. The molecule has 1 aromatic rings. The fraction of sp³-hybridized carbons (Fsp3) is 0.500. The normalized spacial score (nSPS) is 10.9. The first-order valence-electron chi connectivity index (χ1n) is 6.84. The average Bonchev–Trinajstić information content (AvgIpc) is 2.36. The van der Waals surface area contributed by atoms with Crippen LogP contribution in [0.5, 0.6) is 0 Å². The van der Waals surface area contributed by atoms with Gasteiger partial charge in [0, 0.05) is 23.7 Å². The summed E-state index contributed by atoms with van der Waals surface area (Å²) in [6.07, 6.45) is 0. The van der Waals surface area contributed by atoms with E-state index in [1.165, 1.54) is 11.8 Å². The molecule has 0 aromatic heterocycles. The van der Waals surface area contributed by atoms with Crippen molar-refractivity contribution in [1.29, 1.82) is 0 Å². The molecule has 0 atom stereocenters. The standard InChI is InChI=1S/C14H19N3O5/c1-8(2)15(9(3)4)14(18)12-6-11(16(19)20)7-13(10(12)5)17(21)22/h6-9H,1-5H3. The molecule has 0 unspecified atom stereocenters. The highest BCUT2D eigenvalue weighted by atomic mass is 16.6. The fourth-order valence-electron chi connectivity index (χ4n) is 2.41. The number of hydrogen-bond acceptors (Lipinski definition) is 5. The summed E-state index contributed by atoms with van der Waals surface area (Å²) in [6, 6.07) is 1.71. The largest absolute Gasteiger partial charge is 0.334 e. The SMILES string of the molecule is Cc1c(C(=O)N(C(C)C)C(C)C)cc([N+](=O)[O-])cc1[N+](=O)[O-]. The lowest BCUT2D eigenvalue weighted by Gasteiger charge is -2.31. The van der Waals surface area contributed by atoms with Gasteiger partial charge in [0.1, 0.15) is 0 Å². The molecule has 0 saturated carbocycles. The minimum Gasteiger partial charge on any atom is -0.334 e. The first-order chi connectivity index (χ1) is 10.1. The summed E-state index contributed by atoms with van der Waals surface area (Å²) in [4.78, 5) is 34.8. The molecule has 0 aliphatic rings. The van der Waals surface area contributed by atoms with Gasteiger partial charge < -0.3 is 4.90 Å². The molecular formula is C14H19N3O5. The Hall–Kier alpha value is -2.51. The summed E-state index contributed by atoms with van der Waals surface area (Å²) in [7, 11) is 0. The number of nitro benzene ring substituents is 2. The topological polar surface area (TPSA) is 107 Å². The van der Waals surface area contributed by atoms with Crippen LogP contribution in [-0.4, -0.2) is 32.7 Å². The Labute approximate surface area is 128 Å². The maximum Gasteiger partial charge on any atom is 0.279 e. The quantitative estimate of drug-likeness (QED) is 0.613. The van der Waals surface area contributed by atoms with Crippen LogP contribution >= 0.6 is 0 Å². The minimum atomic E-state index is -0.738. The Morgan fingerprint density at radius 2 is 1.55 bits per heavy atom. The van der Waals surface area contributed by atoms with Crippen LogP contribution in [-0.2, 0) is 0 Å². The first-order valence-corrected chi connectivity index (χ1v) is 6.84. The molecule has 0 heterocycles. The van der Waals surface area contributed by atoms with Crippen molar-refractivity contribution in [2.45, 2.75) is 46.7 Å². The summed E-state index contributed by atoms with van der Waals surface area (Å²) in [5.74, 6) is -0.450. The smallest absolute Gasteiger partial charge is 0.279 e. The zero-order valence-corrected chi connectivity index (χ0v) is 13.2. The molecule has 1 rings (SSSR count). The van der Waals surface area contributed by atoms with E-state index in [0.717, 1.165) is 12.1 Å². The molecule has 0 aliphatic heterocycles. The number of nitro groups is 2. The van der Waals surface area contributed by atoms with E-state index in [4.69, 9.17) is 0 Å². The van der Waals surface area contributed by atoms with Gasteiger partial charge in [-0.25, -0.2) is 0 Å². The van der Waals surface area contributed by atoms with E-state index in [9.17, 15) is 25.0 Å². The van der Waals surface area contributed by atoms with Gasteiger partial charge in [0.05, 0.1) is 21.5 Å². The van der Waals surface area contributed by atoms with Gasteiger partial charge in [-0.2, -0.15) is 0 Å². The van der Waals surface area contributed by atoms with Crippen molar-refractivity contribution in [2.24, 2.45) is 0 Å². The molecule has 0 radical (unpaired) electrons. The second-order valence-electron chi connectivity index (χ2n) is 5.55. The molecule has 0 spiro atoms. The van der Waals surface area contributed by atoms with Crippen LogP contribution in [0.3, 0.4) is 0 Å². The van der Waals surface area contributed by atoms with Crippen LogP contribution in [0.4, 0.5) is 11.4 Å². The zero-order chi connectivity index (χ0) is 17.2. The van der Waals surface area contributed by atoms with Gasteiger partial charge in [-0.15, -0.1) is 0 Å². The van der Waals surface area contributed by atoms with Crippen LogP contribution in [0.25, 0.3) is 0 Å². The van der Waals surface area contributed by atoms with Crippen molar-refractivity contribution in [3.8, 4) is 0 Å². The minimum absolute atomic E-state index is 0.0108. The number of hydrogen-bond donors (Lipinski definition) is 0. The van der Waals surface area contributed by atoms with Crippen molar-refractivity contribution in [3.05, 3.63) is 43.5 Å². The lowest BCUT2D eigenvalue weighted by molar-refractivity contribution is -0.394. The van der Waals surface area contributed by atoms with Crippen molar-refractivity contribution in [1.82, 2.24) is 4.90 Å². The summed E-state index contributed by atoms with van der Waals surface area (Å²) in [5, 5.41) is 22.0. The molecule has 0 fully saturated rings. The molecule has 0 aliphatic carbocycles. The molecule has 1 amide bonds. The van der Waals surface area contributed by atoms with Gasteiger partial charge in [0.25, 0.3) is 17.3 Å². The maximum atomic E-state index is 12.7. The lowest BCUT2D eigenvalue weighted by atomic mass is 10.0. The van der Waals surface area contributed by atoms with Crippen molar-refractivity contribution in [2.75, 3.05) is 0 Å².